The number of ether oxygens (including phenoxy) is 1. The molecule has 8 heteroatoms. The van der Waals surface area contributed by atoms with Gasteiger partial charge in [-0.05, 0) is 55.0 Å². The highest BCUT2D eigenvalue weighted by atomic mass is 35.5. The average Bonchev–Trinajstić information content (AvgIpc) is 2.75. The van der Waals surface area contributed by atoms with Crippen LogP contribution in [0.1, 0.15) is 28.9 Å². The first-order valence-corrected chi connectivity index (χ1v) is 11.0. The van der Waals surface area contributed by atoms with Gasteiger partial charge >= 0.3 is 0 Å². The topological polar surface area (TPSA) is 84.5 Å². The van der Waals surface area contributed by atoms with Gasteiger partial charge in [-0.1, -0.05) is 41.9 Å². The van der Waals surface area contributed by atoms with E-state index in [0.717, 1.165) is 11.3 Å². The van der Waals surface area contributed by atoms with Crippen LogP contribution in [-0.2, 0) is 10.0 Å². The Morgan fingerprint density at radius 3 is 2.27 bits per heavy atom. The van der Waals surface area contributed by atoms with Crippen molar-refractivity contribution < 1.29 is 17.9 Å². The Bertz CT molecular complexity index is 1130. The van der Waals surface area contributed by atoms with E-state index in [1.807, 2.05) is 31.2 Å². The number of hydrogen-bond donors (Lipinski definition) is 2. The van der Waals surface area contributed by atoms with Gasteiger partial charge in [0.1, 0.15) is 5.75 Å². The molecule has 0 heterocycles. The Hall–Kier alpha value is -3.03. The highest BCUT2D eigenvalue weighted by molar-refractivity contribution is 7.92. The maximum atomic E-state index is 12.6. The average molecular weight is 445 g/mol. The molecule has 3 aromatic carbocycles. The third-order valence-corrected chi connectivity index (χ3v) is 6.19. The number of nitrogens with one attached hydrogen (secondary N) is 2. The smallest absolute Gasteiger partial charge is 0.261 e. The van der Waals surface area contributed by atoms with E-state index in [4.69, 9.17) is 16.3 Å². The van der Waals surface area contributed by atoms with Crippen LogP contribution in [0.15, 0.2) is 77.7 Å². The van der Waals surface area contributed by atoms with Gasteiger partial charge in [-0.25, -0.2) is 8.42 Å². The second-order valence-electron chi connectivity index (χ2n) is 6.58. The van der Waals surface area contributed by atoms with Crippen molar-refractivity contribution in [1.29, 1.82) is 0 Å². The van der Waals surface area contributed by atoms with Crippen molar-refractivity contribution in [3.05, 3.63) is 88.9 Å². The van der Waals surface area contributed by atoms with Gasteiger partial charge in [0.15, 0.2) is 0 Å². The van der Waals surface area contributed by atoms with Crippen LogP contribution in [0.2, 0.25) is 5.02 Å². The summed E-state index contributed by atoms with van der Waals surface area (Å²) in [6, 6.07) is 19.5. The molecule has 0 aliphatic rings. The summed E-state index contributed by atoms with van der Waals surface area (Å²) >= 11 is 6.23. The Morgan fingerprint density at radius 2 is 1.67 bits per heavy atom. The molecule has 1 amide bonds. The molecule has 0 radical (unpaired) electrons. The summed E-state index contributed by atoms with van der Waals surface area (Å²) in [5.74, 6) is 0.412. The van der Waals surface area contributed by atoms with Crippen molar-refractivity contribution in [1.82, 2.24) is 5.32 Å². The number of halogens is 1. The summed E-state index contributed by atoms with van der Waals surface area (Å²) in [6.07, 6.45) is 0. The molecule has 6 nitrogen and oxygen atoms in total. The second kappa shape index (κ2) is 9.19. The zero-order valence-electron chi connectivity index (χ0n) is 16.4. The quantitative estimate of drug-likeness (QED) is 0.556. The highest BCUT2D eigenvalue weighted by Gasteiger charge is 2.17. The first-order valence-electron chi connectivity index (χ1n) is 9.12. The fourth-order valence-corrected chi connectivity index (χ4v) is 4.18. The predicted octanol–water partition coefficient (Wildman–Crippen LogP) is 4.64. The molecule has 0 unspecified atom stereocenters. The first-order chi connectivity index (χ1) is 14.3. The standard InChI is InChI=1S/C22H21ClN2O4S/c1-15(16-8-11-18(29-2)12-9-16)24-22(26)17-10-13-21(20(23)14-17)25-30(27,28)19-6-4-3-5-7-19/h3-15,25H,1-2H3,(H,24,26)/t15-/m1/s1. The van der Waals surface area contributed by atoms with Gasteiger partial charge < -0.3 is 10.1 Å². The molecule has 1 atom stereocenters. The first kappa shape index (κ1) is 21.7. The van der Waals surface area contributed by atoms with E-state index in [1.165, 1.54) is 30.3 Å². The summed E-state index contributed by atoms with van der Waals surface area (Å²) < 4.78 is 32.5. The Balaban J connectivity index is 1.71. The minimum atomic E-state index is -3.77. The number of carbonyl (C=O) groups excluding carboxylic acids is 1. The van der Waals surface area contributed by atoms with Crippen molar-refractivity contribution in [2.24, 2.45) is 0 Å². The van der Waals surface area contributed by atoms with E-state index in [9.17, 15) is 13.2 Å². The van der Waals surface area contributed by atoms with Crippen LogP contribution in [0.5, 0.6) is 5.75 Å². The van der Waals surface area contributed by atoms with Crippen molar-refractivity contribution >= 4 is 33.2 Å². The number of amides is 1. The molecule has 0 saturated carbocycles. The van der Waals surface area contributed by atoms with Crippen LogP contribution in [0.3, 0.4) is 0 Å². The van der Waals surface area contributed by atoms with E-state index in [1.54, 1.807) is 25.3 Å². The second-order valence-corrected chi connectivity index (χ2v) is 8.67. The van der Waals surface area contributed by atoms with Crippen LogP contribution < -0.4 is 14.8 Å². The minimum Gasteiger partial charge on any atom is -0.497 e. The van der Waals surface area contributed by atoms with Gasteiger partial charge in [0, 0.05) is 5.56 Å². The molecule has 0 spiro atoms. The van der Waals surface area contributed by atoms with Gasteiger partial charge in [-0.3, -0.25) is 9.52 Å². The van der Waals surface area contributed by atoms with Crippen molar-refractivity contribution in [2.75, 3.05) is 11.8 Å². The number of methoxy groups -OCH3 is 1. The maximum absolute atomic E-state index is 12.6. The third-order valence-electron chi connectivity index (χ3n) is 4.49. The molecule has 0 aliphatic carbocycles. The minimum absolute atomic E-state index is 0.121. The lowest BCUT2D eigenvalue weighted by Gasteiger charge is -2.16. The lowest BCUT2D eigenvalue weighted by atomic mass is 10.1. The zero-order valence-corrected chi connectivity index (χ0v) is 18.0. The number of hydrogen-bond acceptors (Lipinski definition) is 4. The van der Waals surface area contributed by atoms with Crippen LogP contribution in [-0.4, -0.2) is 21.4 Å². The van der Waals surface area contributed by atoms with E-state index in [-0.39, 0.29) is 27.6 Å². The number of rotatable bonds is 7. The normalized spacial score (nSPS) is 12.1. The Morgan fingerprint density at radius 1 is 1.00 bits per heavy atom. The number of benzene rings is 3. The number of sulfonamides is 1. The third kappa shape index (κ3) is 5.11. The lowest BCUT2D eigenvalue weighted by molar-refractivity contribution is 0.0940. The van der Waals surface area contributed by atoms with E-state index in [0.29, 0.717) is 5.56 Å². The summed E-state index contributed by atoms with van der Waals surface area (Å²) in [6.45, 7) is 1.86. The van der Waals surface area contributed by atoms with Gasteiger partial charge in [0.2, 0.25) is 0 Å². The lowest BCUT2D eigenvalue weighted by Crippen LogP contribution is -2.26. The summed E-state index contributed by atoms with van der Waals surface area (Å²) in [7, 11) is -2.18. The van der Waals surface area contributed by atoms with E-state index >= 15 is 0 Å². The molecule has 0 aromatic heterocycles. The molecule has 156 valence electrons. The van der Waals surface area contributed by atoms with Gasteiger partial charge in [0.25, 0.3) is 15.9 Å². The van der Waals surface area contributed by atoms with Crippen LogP contribution in [0.25, 0.3) is 0 Å². The van der Waals surface area contributed by atoms with E-state index in [2.05, 4.69) is 10.0 Å². The van der Waals surface area contributed by atoms with Gasteiger partial charge in [-0.2, -0.15) is 0 Å². The summed E-state index contributed by atoms with van der Waals surface area (Å²) in [4.78, 5) is 12.7. The zero-order chi connectivity index (χ0) is 21.7. The number of carbonyl (C=O) groups is 1. The van der Waals surface area contributed by atoms with Crippen molar-refractivity contribution in [3.8, 4) is 5.75 Å². The summed E-state index contributed by atoms with van der Waals surface area (Å²) in [5.41, 5.74) is 1.44. The molecule has 2 N–H and O–H groups in total. The van der Waals surface area contributed by atoms with Crippen LogP contribution >= 0.6 is 11.6 Å². The van der Waals surface area contributed by atoms with Crippen molar-refractivity contribution in [3.63, 3.8) is 0 Å². The predicted molar refractivity (Wildman–Crippen MR) is 118 cm³/mol. The molecule has 0 saturated heterocycles. The molecular formula is C22H21ClN2O4S. The highest BCUT2D eigenvalue weighted by Crippen LogP contribution is 2.26. The monoisotopic (exact) mass is 444 g/mol. The molecule has 3 rings (SSSR count). The molecule has 30 heavy (non-hydrogen) atoms. The Labute approximate surface area is 180 Å². The van der Waals surface area contributed by atoms with Gasteiger partial charge in [0.05, 0.1) is 28.8 Å². The molecular weight excluding hydrogens is 424 g/mol. The number of anilines is 1. The Kier molecular flexibility index (Phi) is 6.64. The molecule has 0 aliphatic heterocycles. The van der Waals surface area contributed by atoms with E-state index < -0.39 is 10.0 Å². The van der Waals surface area contributed by atoms with Gasteiger partial charge in [-0.15, -0.1) is 0 Å². The maximum Gasteiger partial charge on any atom is 0.261 e. The van der Waals surface area contributed by atoms with Crippen LogP contribution in [0.4, 0.5) is 5.69 Å². The molecule has 3 aromatic rings. The summed E-state index contributed by atoms with van der Waals surface area (Å²) in [5, 5.41) is 3.02. The van der Waals surface area contributed by atoms with Crippen LogP contribution in [0, 0.1) is 0 Å². The SMILES string of the molecule is COc1ccc([C@@H](C)NC(=O)c2ccc(NS(=O)(=O)c3ccccc3)c(Cl)c2)cc1. The molecule has 0 bridgehead atoms. The van der Waals surface area contributed by atoms with Crippen molar-refractivity contribution in [2.45, 2.75) is 17.9 Å². The fraction of sp³-hybridized carbons (Fsp3) is 0.136. The largest absolute Gasteiger partial charge is 0.497 e. The molecule has 0 fully saturated rings. The fourth-order valence-electron chi connectivity index (χ4n) is 2.80.